The van der Waals surface area contributed by atoms with Gasteiger partial charge in [0.15, 0.2) is 5.71 Å². The van der Waals surface area contributed by atoms with Gasteiger partial charge in [-0.2, -0.15) is 4.57 Å². The van der Waals surface area contributed by atoms with Crippen LogP contribution in [0.1, 0.15) is 26.3 Å². The minimum absolute atomic E-state index is 0.0926. The quantitative estimate of drug-likeness (QED) is 0.194. The van der Waals surface area contributed by atoms with E-state index in [1.807, 2.05) is 11.3 Å². The van der Waals surface area contributed by atoms with E-state index < -0.39 is 14.5 Å². The lowest BCUT2D eigenvalue weighted by atomic mass is 9.81. The molecule has 0 bridgehead atoms. The molecule has 13 heteroatoms. The van der Waals surface area contributed by atoms with Crippen LogP contribution in [-0.2, 0) is 12.5 Å². The summed E-state index contributed by atoms with van der Waals surface area (Å²) in [6, 6.07) is 15.5. The van der Waals surface area contributed by atoms with Crippen molar-refractivity contribution in [3.05, 3.63) is 48.0 Å². The summed E-state index contributed by atoms with van der Waals surface area (Å²) in [6.07, 6.45) is 0. The third-order valence-electron chi connectivity index (χ3n) is 5.42. The van der Waals surface area contributed by atoms with Gasteiger partial charge < -0.3 is 34.5 Å². The monoisotopic (exact) mass is 496 g/mol. The summed E-state index contributed by atoms with van der Waals surface area (Å²) in [6.45, 7) is 6.87. The van der Waals surface area contributed by atoms with Crippen molar-refractivity contribution in [2.75, 3.05) is 7.05 Å². The van der Waals surface area contributed by atoms with Crippen molar-refractivity contribution in [3.63, 3.8) is 0 Å². The summed E-state index contributed by atoms with van der Waals surface area (Å²) in [5, 5.41) is 1.32. The van der Waals surface area contributed by atoms with Gasteiger partial charge in [0.2, 0.25) is 11.2 Å². The number of rotatable bonds is 1. The fourth-order valence-corrected chi connectivity index (χ4v) is 4.76. The Bertz CT molecular complexity index is 1160. The molecule has 0 saturated heterocycles. The average molecular weight is 496 g/mol. The molecule has 1 aliphatic rings. The minimum Gasteiger partial charge on any atom is -0.418 e. The van der Waals surface area contributed by atoms with Crippen LogP contribution in [-0.4, -0.2) is 31.8 Å². The van der Waals surface area contributed by atoms with Crippen molar-refractivity contribution in [3.8, 4) is 10.6 Å². The highest BCUT2D eigenvalue weighted by Crippen LogP contribution is 2.41. The van der Waals surface area contributed by atoms with E-state index in [1.54, 1.807) is 0 Å². The Hall–Kier alpha value is -2.43. The molecule has 0 fully saturated rings. The van der Waals surface area contributed by atoms with Crippen LogP contribution >= 0.6 is 11.3 Å². The Morgan fingerprint density at radius 1 is 0.818 bits per heavy atom. The van der Waals surface area contributed by atoms with Crippen molar-refractivity contribution >= 4 is 47.5 Å². The third-order valence-corrected chi connectivity index (χ3v) is 6.69. The number of fused-ring (bicyclic) bond motifs is 2. The maximum absolute atomic E-state index is 9.75. The molecule has 3 aromatic rings. The number of hydrogen-bond acceptors (Lipinski definition) is 1. The Morgan fingerprint density at radius 3 is 1.85 bits per heavy atom. The highest BCUT2D eigenvalue weighted by Gasteiger charge is 2.42. The molecule has 0 atom stereocenters. The molecular weight excluding hydrogens is 474 g/mol. The molecule has 0 unspecified atom stereocenters. The highest BCUT2D eigenvalue weighted by atomic mass is 32.1. The standard InChI is InChI=1S/C20H22N2S.2BF4/c1-13-20(2,3)15-12-14(10-11-16(15)21(13)4)19-22(5)17-8-6-7-9-18(17)23-19;2*2-1(3,4)5/h6-12H,1-5H3;;/q+2;2*-1. The molecule has 0 aliphatic carbocycles. The van der Waals surface area contributed by atoms with Crippen molar-refractivity contribution in [2.45, 2.75) is 26.2 Å². The largest absolute Gasteiger partial charge is 0.673 e. The molecule has 180 valence electrons. The van der Waals surface area contributed by atoms with E-state index >= 15 is 0 Å². The molecule has 2 heterocycles. The van der Waals surface area contributed by atoms with Crippen molar-refractivity contribution < 1.29 is 43.7 Å². The predicted molar refractivity (Wildman–Crippen MR) is 118 cm³/mol. The van der Waals surface area contributed by atoms with Gasteiger partial charge in [-0.25, -0.2) is 4.58 Å². The molecule has 33 heavy (non-hydrogen) atoms. The van der Waals surface area contributed by atoms with Gasteiger partial charge in [-0.3, -0.25) is 0 Å². The van der Waals surface area contributed by atoms with Crippen LogP contribution in [0.3, 0.4) is 0 Å². The molecule has 2 aromatic carbocycles. The number of aryl methyl sites for hydroxylation is 1. The van der Waals surface area contributed by atoms with Crippen LogP contribution in [0, 0.1) is 0 Å². The summed E-state index contributed by atoms with van der Waals surface area (Å²) < 4.78 is 84.0. The van der Waals surface area contributed by atoms with Crippen LogP contribution in [0.5, 0.6) is 0 Å². The van der Waals surface area contributed by atoms with E-state index in [-0.39, 0.29) is 5.41 Å². The smallest absolute Gasteiger partial charge is 0.418 e. The molecule has 2 nitrogen and oxygen atoms in total. The zero-order valence-corrected chi connectivity index (χ0v) is 19.3. The molecule has 1 aromatic heterocycles. The molecule has 0 N–H and O–H groups in total. The first-order valence-electron chi connectivity index (χ1n) is 9.76. The Morgan fingerprint density at radius 2 is 1.33 bits per heavy atom. The van der Waals surface area contributed by atoms with E-state index in [1.165, 1.54) is 37.8 Å². The van der Waals surface area contributed by atoms with Gasteiger partial charge in [0.05, 0.1) is 11.0 Å². The first-order valence-corrected chi connectivity index (χ1v) is 10.6. The highest BCUT2D eigenvalue weighted by molar-refractivity contribution is 7.21. The van der Waals surface area contributed by atoms with Crippen molar-refractivity contribution in [2.24, 2.45) is 7.05 Å². The van der Waals surface area contributed by atoms with Crippen molar-refractivity contribution in [1.82, 2.24) is 0 Å². The van der Waals surface area contributed by atoms with Gasteiger partial charge in [-0.1, -0.05) is 23.5 Å². The van der Waals surface area contributed by atoms with Crippen LogP contribution in [0.25, 0.3) is 20.8 Å². The van der Waals surface area contributed by atoms with Gasteiger partial charge in [0, 0.05) is 24.6 Å². The average Bonchev–Trinajstić information content (AvgIpc) is 3.08. The van der Waals surface area contributed by atoms with Crippen LogP contribution in [0.15, 0.2) is 42.5 Å². The van der Waals surface area contributed by atoms with E-state index in [4.69, 9.17) is 0 Å². The second-order valence-electron chi connectivity index (χ2n) is 7.93. The normalized spacial score (nSPS) is 14.9. The topological polar surface area (TPSA) is 6.89 Å². The van der Waals surface area contributed by atoms with Gasteiger partial charge in [0.25, 0.3) is 5.01 Å². The lowest BCUT2D eigenvalue weighted by molar-refractivity contribution is -0.629. The van der Waals surface area contributed by atoms with Crippen LogP contribution < -0.4 is 4.57 Å². The SMILES string of the molecule is CC1=[N+](C)c2ccc(-c3sc4ccccc4[n+]3C)cc2C1(C)C.F[B-](F)(F)F.F[B-](F)(F)F. The number of aromatic nitrogens is 1. The maximum atomic E-state index is 9.75. The van der Waals surface area contributed by atoms with Gasteiger partial charge in [0.1, 0.15) is 18.8 Å². The van der Waals surface area contributed by atoms with Crippen LogP contribution in [0.2, 0.25) is 0 Å². The number of thiazole rings is 1. The molecule has 0 amide bonds. The van der Waals surface area contributed by atoms with Gasteiger partial charge in [-0.05, 0) is 32.0 Å². The Balaban J connectivity index is 0.000000327. The second-order valence-corrected chi connectivity index (χ2v) is 8.96. The lowest BCUT2D eigenvalue weighted by Gasteiger charge is -2.15. The van der Waals surface area contributed by atoms with E-state index in [0.29, 0.717) is 0 Å². The molecule has 4 rings (SSSR count). The number of para-hydroxylation sites is 1. The molecule has 0 spiro atoms. The summed E-state index contributed by atoms with van der Waals surface area (Å²) in [5.74, 6) is 0. The van der Waals surface area contributed by atoms with E-state index in [2.05, 4.69) is 86.5 Å². The first-order chi connectivity index (χ1) is 14.9. The van der Waals surface area contributed by atoms with Gasteiger partial charge in [-0.15, -0.1) is 0 Å². The zero-order valence-electron chi connectivity index (χ0n) is 18.5. The number of hydrogen-bond donors (Lipinski definition) is 0. The molecule has 0 radical (unpaired) electrons. The Kier molecular flexibility index (Phi) is 7.67. The fraction of sp³-hybridized carbons (Fsp3) is 0.300. The maximum Gasteiger partial charge on any atom is 0.673 e. The van der Waals surface area contributed by atoms with E-state index in [9.17, 15) is 34.5 Å². The first kappa shape index (κ1) is 26.8. The summed E-state index contributed by atoms with van der Waals surface area (Å²) >= 11 is 1.87. The molecular formula is C20H22B2F8N2S. The number of halogens is 8. The molecule has 1 aliphatic heterocycles. The van der Waals surface area contributed by atoms with Crippen LogP contribution in [0.4, 0.5) is 40.2 Å². The molecule has 0 saturated carbocycles. The summed E-state index contributed by atoms with van der Waals surface area (Å²) in [7, 11) is -7.67. The number of nitrogens with zero attached hydrogens (tertiary/aromatic N) is 2. The van der Waals surface area contributed by atoms with Crippen molar-refractivity contribution in [1.29, 1.82) is 0 Å². The zero-order chi connectivity index (χ0) is 25.4. The predicted octanol–water partition coefficient (Wildman–Crippen LogP) is 7.02. The summed E-state index contributed by atoms with van der Waals surface area (Å²) in [5.41, 5.74) is 6.86. The van der Waals surface area contributed by atoms with E-state index in [0.717, 1.165) is 0 Å². The summed E-state index contributed by atoms with van der Waals surface area (Å²) in [4.78, 5) is 0. The minimum atomic E-state index is -6.00. The second kappa shape index (κ2) is 9.44. The Labute approximate surface area is 190 Å². The van der Waals surface area contributed by atoms with Gasteiger partial charge >= 0.3 is 14.5 Å². The number of benzene rings is 2. The third kappa shape index (κ3) is 6.78. The fourth-order valence-electron chi connectivity index (χ4n) is 3.61. The lowest BCUT2D eigenvalue weighted by Crippen LogP contribution is -2.28.